The number of aromatic amines is 1. The minimum atomic E-state index is -0.264. The van der Waals surface area contributed by atoms with Crippen molar-refractivity contribution in [3.05, 3.63) is 63.2 Å². The van der Waals surface area contributed by atoms with Gasteiger partial charge in [0, 0.05) is 0 Å². The summed E-state index contributed by atoms with van der Waals surface area (Å²) in [5.74, 6) is 1.35. The van der Waals surface area contributed by atoms with Gasteiger partial charge in [0.05, 0.1) is 30.3 Å². The zero-order valence-corrected chi connectivity index (χ0v) is 16.8. The Labute approximate surface area is 168 Å². The second kappa shape index (κ2) is 9.32. The minimum absolute atomic E-state index is 0.240. The maximum atomic E-state index is 12.7. The molecule has 146 valence electrons. The van der Waals surface area contributed by atoms with E-state index in [0.717, 1.165) is 18.4 Å². The van der Waals surface area contributed by atoms with Crippen LogP contribution in [0.3, 0.4) is 0 Å². The molecule has 0 spiro atoms. The maximum absolute atomic E-state index is 12.7. The zero-order valence-electron chi connectivity index (χ0n) is 16.0. The van der Waals surface area contributed by atoms with E-state index in [1.165, 1.54) is 4.68 Å². The van der Waals surface area contributed by atoms with E-state index in [-0.39, 0.29) is 10.3 Å². The summed E-state index contributed by atoms with van der Waals surface area (Å²) >= 11 is 5.28. The Bertz CT molecular complexity index is 1100. The number of nitrogens with one attached hydrogen (secondary N) is 1. The fourth-order valence-electron chi connectivity index (χ4n) is 2.70. The molecule has 6 nitrogen and oxygen atoms in total. The van der Waals surface area contributed by atoms with E-state index in [2.05, 4.69) is 17.0 Å². The van der Waals surface area contributed by atoms with Gasteiger partial charge in [-0.2, -0.15) is 9.78 Å². The van der Waals surface area contributed by atoms with E-state index in [0.29, 0.717) is 35.6 Å². The van der Waals surface area contributed by atoms with Crippen LogP contribution < -0.4 is 15.0 Å². The van der Waals surface area contributed by atoms with Crippen molar-refractivity contribution in [1.29, 1.82) is 0 Å². The summed E-state index contributed by atoms with van der Waals surface area (Å²) in [7, 11) is 0. The number of rotatable bonds is 8. The van der Waals surface area contributed by atoms with Crippen molar-refractivity contribution in [3.63, 3.8) is 0 Å². The molecule has 0 aliphatic rings. The largest absolute Gasteiger partial charge is 0.490 e. The third-order valence-corrected chi connectivity index (χ3v) is 4.40. The molecule has 1 N–H and O–H groups in total. The molecule has 1 heterocycles. The number of fused-ring (bicyclic) bond motifs is 1. The van der Waals surface area contributed by atoms with Gasteiger partial charge in [-0.1, -0.05) is 25.5 Å². The third-order valence-electron chi connectivity index (χ3n) is 4.13. The van der Waals surface area contributed by atoms with Crippen LogP contribution in [-0.2, 0) is 0 Å². The van der Waals surface area contributed by atoms with E-state index >= 15 is 0 Å². The quantitative estimate of drug-likeness (QED) is 0.345. The summed E-state index contributed by atoms with van der Waals surface area (Å²) in [6.07, 6.45) is 3.63. The van der Waals surface area contributed by atoms with E-state index < -0.39 is 0 Å². The van der Waals surface area contributed by atoms with Crippen LogP contribution in [0, 0.1) is 4.77 Å². The first-order valence-electron chi connectivity index (χ1n) is 9.32. The highest BCUT2D eigenvalue weighted by Crippen LogP contribution is 2.28. The standard InChI is InChI=1S/C21H23N3O3S/c1-3-5-12-27-18-11-10-15(13-19(18)26-4-2)14-22-24-20(25)16-8-6-7-9-17(16)23-21(24)28/h6-11,13-14H,3-5,12H2,1-2H3,(H,23,28)/b22-14-. The average molecular weight is 398 g/mol. The lowest BCUT2D eigenvalue weighted by Crippen LogP contribution is -2.18. The predicted octanol–water partition coefficient (Wildman–Crippen LogP) is 4.52. The molecule has 7 heteroatoms. The van der Waals surface area contributed by atoms with Crippen LogP contribution in [0.2, 0.25) is 0 Å². The summed E-state index contributed by atoms with van der Waals surface area (Å²) in [6.45, 7) is 5.21. The molecule has 0 amide bonds. The van der Waals surface area contributed by atoms with Crippen LogP contribution in [0.15, 0.2) is 52.4 Å². The second-order valence-electron chi connectivity index (χ2n) is 6.18. The van der Waals surface area contributed by atoms with Gasteiger partial charge in [0.15, 0.2) is 11.5 Å². The first-order chi connectivity index (χ1) is 13.6. The molecular weight excluding hydrogens is 374 g/mol. The van der Waals surface area contributed by atoms with Crippen molar-refractivity contribution in [2.75, 3.05) is 13.2 Å². The molecule has 0 unspecified atom stereocenters. The number of aromatic nitrogens is 2. The second-order valence-corrected chi connectivity index (χ2v) is 6.57. The molecule has 0 atom stereocenters. The summed E-state index contributed by atoms with van der Waals surface area (Å²) < 4.78 is 12.9. The van der Waals surface area contributed by atoms with Gasteiger partial charge in [-0.3, -0.25) is 4.79 Å². The van der Waals surface area contributed by atoms with Gasteiger partial charge in [0.2, 0.25) is 4.77 Å². The molecule has 0 aliphatic carbocycles. The molecule has 0 fully saturated rings. The molecule has 3 aromatic rings. The Balaban J connectivity index is 1.92. The molecule has 0 saturated carbocycles. The highest BCUT2D eigenvalue weighted by atomic mass is 32.1. The highest BCUT2D eigenvalue weighted by molar-refractivity contribution is 7.71. The summed E-state index contributed by atoms with van der Waals surface area (Å²) in [5, 5.41) is 4.81. The van der Waals surface area contributed by atoms with Crippen LogP contribution >= 0.6 is 12.2 Å². The molecule has 0 aliphatic heterocycles. The highest BCUT2D eigenvalue weighted by Gasteiger charge is 2.07. The zero-order chi connectivity index (χ0) is 19.9. The molecular formula is C21H23N3O3S. The number of benzene rings is 2. The first kappa shape index (κ1) is 19.8. The average Bonchev–Trinajstić information content (AvgIpc) is 2.69. The monoisotopic (exact) mass is 397 g/mol. The van der Waals surface area contributed by atoms with Crippen molar-refractivity contribution in [2.45, 2.75) is 26.7 Å². The van der Waals surface area contributed by atoms with Crippen LogP contribution in [-0.4, -0.2) is 29.1 Å². The molecule has 0 saturated heterocycles. The maximum Gasteiger partial charge on any atom is 0.282 e. The Morgan fingerprint density at radius 3 is 2.75 bits per heavy atom. The normalized spacial score (nSPS) is 11.2. The molecule has 1 aromatic heterocycles. The number of hydrogen-bond acceptors (Lipinski definition) is 5. The van der Waals surface area contributed by atoms with Crippen LogP contribution in [0.25, 0.3) is 10.9 Å². The van der Waals surface area contributed by atoms with E-state index in [9.17, 15) is 4.79 Å². The van der Waals surface area contributed by atoms with Gasteiger partial charge in [-0.15, -0.1) is 0 Å². The molecule has 0 bridgehead atoms. The van der Waals surface area contributed by atoms with Gasteiger partial charge in [-0.25, -0.2) is 0 Å². The Kier molecular flexibility index (Phi) is 6.60. The van der Waals surface area contributed by atoms with Crippen molar-refractivity contribution in [3.8, 4) is 11.5 Å². The molecule has 2 aromatic carbocycles. The SMILES string of the molecule is CCCCOc1ccc(/C=N\n2c(=S)[nH]c3ccccc3c2=O)cc1OCC. The summed E-state index contributed by atoms with van der Waals surface area (Å²) in [5.41, 5.74) is 1.21. The topological polar surface area (TPSA) is 68.6 Å². The number of unbranched alkanes of at least 4 members (excludes halogenated alkanes) is 1. The number of H-pyrrole nitrogens is 1. The minimum Gasteiger partial charge on any atom is -0.490 e. The fraction of sp³-hybridized carbons (Fsp3) is 0.286. The number of ether oxygens (including phenoxy) is 2. The molecule has 3 rings (SSSR count). The van der Waals surface area contributed by atoms with Crippen molar-refractivity contribution >= 4 is 29.3 Å². The number of para-hydroxylation sites is 1. The Morgan fingerprint density at radius 1 is 1.14 bits per heavy atom. The lowest BCUT2D eigenvalue weighted by molar-refractivity contribution is 0.272. The lowest BCUT2D eigenvalue weighted by atomic mass is 10.2. The Morgan fingerprint density at radius 2 is 1.96 bits per heavy atom. The van der Waals surface area contributed by atoms with Crippen molar-refractivity contribution in [2.24, 2.45) is 5.10 Å². The van der Waals surface area contributed by atoms with Gasteiger partial charge in [-0.05, 0) is 61.5 Å². The predicted molar refractivity (Wildman–Crippen MR) is 114 cm³/mol. The van der Waals surface area contributed by atoms with Crippen LogP contribution in [0.5, 0.6) is 11.5 Å². The van der Waals surface area contributed by atoms with Gasteiger partial charge < -0.3 is 14.5 Å². The number of hydrogen-bond donors (Lipinski definition) is 1. The summed E-state index contributed by atoms with van der Waals surface area (Å²) in [4.78, 5) is 15.7. The van der Waals surface area contributed by atoms with E-state index in [4.69, 9.17) is 21.7 Å². The lowest BCUT2D eigenvalue weighted by Gasteiger charge is -2.12. The molecule has 0 radical (unpaired) electrons. The van der Waals surface area contributed by atoms with Crippen LogP contribution in [0.4, 0.5) is 0 Å². The van der Waals surface area contributed by atoms with Gasteiger partial charge >= 0.3 is 0 Å². The molecule has 28 heavy (non-hydrogen) atoms. The summed E-state index contributed by atoms with van der Waals surface area (Å²) in [6, 6.07) is 12.8. The van der Waals surface area contributed by atoms with Crippen molar-refractivity contribution in [1.82, 2.24) is 9.66 Å². The third kappa shape index (κ3) is 4.48. The Hall–Kier alpha value is -2.93. The smallest absolute Gasteiger partial charge is 0.282 e. The van der Waals surface area contributed by atoms with Crippen molar-refractivity contribution < 1.29 is 9.47 Å². The first-order valence-corrected chi connectivity index (χ1v) is 9.73. The van der Waals surface area contributed by atoms with Gasteiger partial charge in [0.25, 0.3) is 5.56 Å². The van der Waals surface area contributed by atoms with Crippen LogP contribution in [0.1, 0.15) is 32.3 Å². The fourth-order valence-corrected chi connectivity index (χ4v) is 2.94. The van der Waals surface area contributed by atoms with Gasteiger partial charge in [0.1, 0.15) is 0 Å². The number of nitrogens with zero attached hydrogens (tertiary/aromatic N) is 2. The van der Waals surface area contributed by atoms with E-state index in [1.807, 2.05) is 37.3 Å². The van der Waals surface area contributed by atoms with E-state index in [1.54, 1.807) is 18.3 Å².